The van der Waals surface area contributed by atoms with Crippen LogP contribution < -0.4 is 11.0 Å². The summed E-state index contributed by atoms with van der Waals surface area (Å²) in [4.78, 5) is 22.3. The van der Waals surface area contributed by atoms with Gasteiger partial charge in [-0.15, -0.1) is 15.0 Å². The number of rotatable bonds is 4. The van der Waals surface area contributed by atoms with Crippen LogP contribution in [-0.4, -0.2) is 26.1 Å². The van der Waals surface area contributed by atoms with Gasteiger partial charge in [0.15, 0.2) is 0 Å². The van der Waals surface area contributed by atoms with Crippen LogP contribution in [0, 0.1) is 31.1 Å². The van der Waals surface area contributed by atoms with E-state index in [-0.39, 0.29) is 37.5 Å². The normalized spacial score (nSPS) is 6.00. The summed E-state index contributed by atoms with van der Waals surface area (Å²) >= 11 is 0. The van der Waals surface area contributed by atoms with Crippen LogP contribution in [0.4, 0.5) is 0 Å². The van der Waals surface area contributed by atoms with Gasteiger partial charge in [-0.1, -0.05) is 0 Å². The molecule has 0 radical (unpaired) electrons. The molecule has 0 saturated carbocycles. The molecule has 0 spiro atoms. The topological polar surface area (TPSA) is 67.4 Å². The Morgan fingerprint density at radius 2 is 2.00 bits per heavy atom. The van der Waals surface area contributed by atoms with Gasteiger partial charge in [0.1, 0.15) is 0 Å². The quantitative estimate of drug-likeness (QED) is 0.161. The number of carbonyl (C=O) groups excluding carboxylic acids is 2. The predicted octanol–water partition coefficient (Wildman–Crippen LogP) is -0.840. The second-order valence-corrected chi connectivity index (χ2v) is 2.04. The molecule has 0 aromatic rings. The summed E-state index contributed by atoms with van der Waals surface area (Å²) < 4.78 is 0. The van der Waals surface area contributed by atoms with Crippen LogP contribution in [0.5, 0.6) is 0 Å². The van der Waals surface area contributed by atoms with Gasteiger partial charge in [0, 0.05) is 31.1 Å². The molecule has 5 nitrogen and oxygen atoms in total. The summed E-state index contributed by atoms with van der Waals surface area (Å²) in [5.74, 6) is 0. The zero-order chi connectivity index (χ0) is 8.24. The van der Waals surface area contributed by atoms with E-state index in [1.807, 2.05) is 0 Å². The van der Waals surface area contributed by atoms with E-state index < -0.39 is 0 Å². The first-order valence-corrected chi connectivity index (χ1v) is 4.39. The Kier molecular flexibility index (Phi) is 35.6. The summed E-state index contributed by atoms with van der Waals surface area (Å²) in [5, 5.41) is 0. The standard InChI is InChI=1S/C2H3N2O3.C2H7P.U/c5-1-3-7-4-2-6;1-3-2;/h1H,(H,3,5)(H,4,6);3H,1-2H3;/q-1;;. The molecule has 0 rings (SSSR count). The van der Waals surface area contributed by atoms with Gasteiger partial charge in [-0.05, 0) is 13.3 Å². The Labute approximate surface area is 91.1 Å². The Bertz CT molecular complexity index is 77.7. The number of nitrogens with one attached hydrogen (secondary N) is 2. The van der Waals surface area contributed by atoms with Gasteiger partial charge in [0.2, 0.25) is 6.41 Å². The van der Waals surface area contributed by atoms with E-state index in [2.05, 4.69) is 18.3 Å². The second-order valence-electron chi connectivity index (χ2n) is 1.04. The SMILES string of the molecule is CPC.O=[C-]NONC=O.[U]. The third-order valence-electron chi connectivity index (χ3n) is 0.200. The molecule has 0 bridgehead atoms. The van der Waals surface area contributed by atoms with Gasteiger partial charge in [-0.25, -0.2) is 5.48 Å². The molecule has 0 aromatic heterocycles. The molecule has 0 atom stereocenters. The smallest absolute Gasteiger partial charge is 0.232 e. The minimum Gasteiger partial charge on any atom is -0.517 e. The molecule has 0 fully saturated rings. The van der Waals surface area contributed by atoms with E-state index in [0.29, 0.717) is 0 Å². The maximum Gasteiger partial charge on any atom is 0.232 e. The van der Waals surface area contributed by atoms with Gasteiger partial charge < -0.3 is 10.3 Å². The summed E-state index contributed by atoms with van der Waals surface area (Å²) in [6, 6.07) is 0. The van der Waals surface area contributed by atoms with Gasteiger partial charge in [0.25, 0.3) is 0 Å². The molecule has 11 heavy (non-hydrogen) atoms. The van der Waals surface area contributed by atoms with Crippen molar-refractivity contribution in [1.82, 2.24) is 11.0 Å². The van der Waals surface area contributed by atoms with Crippen LogP contribution in [0.2, 0.25) is 0 Å². The molecule has 0 aromatic carbocycles. The number of carbonyl (C=O) groups is 1. The van der Waals surface area contributed by atoms with Crippen molar-refractivity contribution in [2.75, 3.05) is 13.3 Å². The average molecular weight is 403 g/mol. The molecule has 0 aliphatic heterocycles. The number of hydrogen-bond donors (Lipinski definition) is 2. The molecule has 0 aliphatic carbocycles. The van der Waals surface area contributed by atoms with Crippen molar-refractivity contribution in [3.8, 4) is 0 Å². The van der Waals surface area contributed by atoms with Crippen LogP contribution in [0.1, 0.15) is 0 Å². The van der Waals surface area contributed by atoms with Gasteiger partial charge in [-0.3, -0.25) is 4.79 Å². The van der Waals surface area contributed by atoms with E-state index in [1.165, 1.54) is 0 Å². The first-order valence-electron chi connectivity index (χ1n) is 2.39. The zero-order valence-corrected chi connectivity index (χ0v) is 11.5. The van der Waals surface area contributed by atoms with Crippen molar-refractivity contribution in [2.45, 2.75) is 0 Å². The van der Waals surface area contributed by atoms with Crippen LogP contribution in [0.15, 0.2) is 0 Å². The second kappa shape index (κ2) is 22.4. The van der Waals surface area contributed by atoms with Crippen molar-refractivity contribution in [3.05, 3.63) is 0 Å². The van der Waals surface area contributed by atoms with Gasteiger partial charge >= 0.3 is 0 Å². The Morgan fingerprint density at radius 3 is 2.27 bits per heavy atom. The van der Waals surface area contributed by atoms with Crippen molar-refractivity contribution >= 4 is 21.4 Å². The minimum absolute atomic E-state index is 0. The fourth-order valence-corrected chi connectivity index (χ4v) is 0.0744. The molecule has 2 N–H and O–H groups in total. The summed E-state index contributed by atoms with van der Waals surface area (Å²) in [5.41, 5.74) is 3.30. The largest absolute Gasteiger partial charge is 0.517 e. The van der Waals surface area contributed by atoms with E-state index in [9.17, 15) is 4.79 Å². The van der Waals surface area contributed by atoms with Crippen molar-refractivity contribution in [1.29, 1.82) is 0 Å². The number of amides is 2. The molecule has 2 amide bonds. The van der Waals surface area contributed by atoms with Gasteiger partial charge in [0.05, 0.1) is 0 Å². The molecule has 64 valence electrons. The number of hydroxylamine groups is 2. The predicted molar refractivity (Wildman–Crippen MR) is 39.3 cm³/mol. The van der Waals surface area contributed by atoms with E-state index in [4.69, 9.17) is 4.79 Å². The molecule has 0 aliphatic rings. The van der Waals surface area contributed by atoms with Crippen LogP contribution in [0.3, 0.4) is 0 Å². The third-order valence-corrected chi connectivity index (χ3v) is 0.200. The Balaban J connectivity index is -0.000000140. The average Bonchev–Trinajstić information content (AvgIpc) is 1.91. The minimum atomic E-state index is 0. The van der Waals surface area contributed by atoms with E-state index in [1.54, 1.807) is 11.0 Å². The third kappa shape index (κ3) is 38.0. The van der Waals surface area contributed by atoms with Crippen LogP contribution in [0.25, 0.3) is 0 Å². The number of hydrogen-bond acceptors (Lipinski definition) is 3. The maximum atomic E-state index is 9.27. The monoisotopic (exact) mass is 403 g/mol. The van der Waals surface area contributed by atoms with Crippen molar-refractivity contribution < 1.29 is 45.6 Å². The fraction of sp³-hybridized carbons (Fsp3) is 0.500. The van der Waals surface area contributed by atoms with Crippen LogP contribution >= 0.6 is 8.58 Å². The first-order chi connectivity index (χ1) is 4.83. The summed E-state index contributed by atoms with van der Waals surface area (Å²) in [6.45, 7) is 4.31. The fourth-order valence-electron chi connectivity index (χ4n) is 0.0744. The summed E-state index contributed by atoms with van der Waals surface area (Å²) in [7, 11) is 1.08. The van der Waals surface area contributed by atoms with Crippen molar-refractivity contribution in [3.63, 3.8) is 0 Å². The molecule has 7 heteroatoms. The Hall–Kier alpha value is 0.382. The van der Waals surface area contributed by atoms with Crippen molar-refractivity contribution in [2.24, 2.45) is 0 Å². The maximum absolute atomic E-state index is 9.27. The molecular weight excluding hydrogens is 393 g/mol. The zero-order valence-electron chi connectivity index (χ0n) is 6.30. The molecule has 0 heterocycles. The van der Waals surface area contributed by atoms with E-state index in [0.717, 1.165) is 15.0 Å². The van der Waals surface area contributed by atoms with Crippen LogP contribution in [-0.2, 0) is 14.5 Å². The molecule has 0 unspecified atom stereocenters. The first kappa shape index (κ1) is 17.5. The Morgan fingerprint density at radius 1 is 1.55 bits per heavy atom. The molecule has 0 saturated heterocycles. The summed E-state index contributed by atoms with van der Waals surface area (Å²) in [6.07, 6.45) is 1.43. The van der Waals surface area contributed by atoms with Gasteiger partial charge in [-0.2, -0.15) is 4.94 Å². The van der Waals surface area contributed by atoms with E-state index >= 15 is 0 Å². The molecular formula is C4H10N2O3PU-.